The van der Waals surface area contributed by atoms with E-state index < -0.39 is 23.3 Å². The lowest BCUT2D eigenvalue weighted by Crippen LogP contribution is -2.13. The second kappa shape index (κ2) is 8.34. The summed E-state index contributed by atoms with van der Waals surface area (Å²) >= 11 is 3.32. The van der Waals surface area contributed by atoms with E-state index >= 15 is 0 Å². The van der Waals surface area contributed by atoms with E-state index in [-0.39, 0.29) is 11.3 Å². The number of halogens is 1. The fraction of sp³-hybridized carbons (Fsp3) is 0.111. The number of carbonyl (C=O) groups is 2. The van der Waals surface area contributed by atoms with Crippen molar-refractivity contribution in [1.29, 1.82) is 0 Å². The summed E-state index contributed by atoms with van der Waals surface area (Å²) in [4.78, 5) is 34.1. The molecule has 0 aliphatic carbocycles. The maximum atomic E-state index is 12.0. The van der Waals surface area contributed by atoms with Gasteiger partial charge in [0.2, 0.25) is 5.78 Å². The SMILES string of the molecule is Cc1ccc(C(=O)COC(=O)/C=C/c2cccc(Br)c2)cc1[N+](=O)[O-]. The van der Waals surface area contributed by atoms with Crippen molar-refractivity contribution in [3.63, 3.8) is 0 Å². The fourth-order valence-electron chi connectivity index (χ4n) is 2.02. The summed E-state index contributed by atoms with van der Waals surface area (Å²) in [7, 11) is 0. The minimum atomic E-state index is -0.671. The number of carbonyl (C=O) groups excluding carboxylic acids is 2. The molecule has 0 N–H and O–H groups in total. The van der Waals surface area contributed by atoms with Crippen LogP contribution in [0.2, 0.25) is 0 Å². The molecule has 0 atom stereocenters. The average molecular weight is 404 g/mol. The number of rotatable bonds is 6. The van der Waals surface area contributed by atoms with Crippen molar-refractivity contribution < 1.29 is 19.2 Å². The van der Waals surface area contributed by atoms with Crippen LogP contribution in [-0.2, 0) is 9.53 Å². The minimum absolute atomic E-state index is 0.126. The van der Waals surface area contributed by atoms with Gasteiger partial charge >= 0.3 is 5.97 Å². The van der Waals surface area contributed by atoms with Gasteiger partial charge < -0.3 is 4.74 Å². The molecule has 0 aromatic heterocycles. The molecule has 7 heteroatoms. The highest BCUT2D eigenvalue weighted by Gasteiger charge is 2.15. The van der Waals surface area contributed by atoms with E-state index in [1.165, 1.54) is 24.3 Å². The molecule has 0 fully saturated rings. The zero-order valence-corrected chi connectivity index (χ0v) is 14.9. The van der Waals surface area contributed by atoms with E-state index in [1.807, 2.05) is 24.3 Å². The molecule has 0 heterocycles. The molecule has 25 heavy (non-hydrogen) atoms. The highest BCUT2D eigenvalue weighted by Crippen LogP contribution is 2.19. The van der Waals surface area contributed by atoms with Crippen molar-refractivity contribution in [2.45, 2.75) is 6.92 Å². The Morgan fingerprint density at radius 1 is 1.24 bits per heavy atom. The van der Waals surface area contributed by atoms with Crippen LogP contribution in [-0.4, -0.2) is 23.3 Å². The molecule has 0 radical (unpaired) electrons. The Morgan fingerprint density at radius 3 is 2.68 bits per heavy atom. The molecule has 2 aromatic rings. The maximum absolute atomic E-state index is 12.0. The van der Waals surface area contributed by atoms with Crippen molar-refractivity contribution in [2.75, 3.05) is 6.61 Å². The Labute approximate surface area is 152 Å². The number of esters is 1. The Kier molecular flexibility index (Phi) is 6.19. The molecule has 128 valence electrons. The number of nitro benzene ring substituents is 1. The van der Waals surface area contributed by atoms with E-state index in [0.717, 1.165) is 10.0 Å². The third-order valence-electron chi connectivity index (χ3n) is 3.33. The van der Waals surface area contributed by atoms with Gasteiger partial charge in [-0.25, -0.2) is 4.79 Å². The minimum Gasteiger partial charge on any atom is -0.454 e. The summed E-state index contributed by atoms with van der Waals surface area (Å²) in [5, 5.41) is 10.9. The van der Waals surface area contributed by atoms with Crippen LogP contribution in [0.5, 0.6) is 0 Å². The normalized spacial score (nSPS) is 10.6. The van der Waals surface area contributed by atoms with Crippen molar-refractivity contribution in [1.82, 2.24) is 0 Å². The number of nitro groups is 1. The lowest BCUT2D eigenvalue weighted by atomic mass is 10.1. The third-order valence-corrected chi connectivity index (χ3v) is 3.83. The van der Waals surface area contributed by atoms with Gasteiger partial charge in [0, 0.05) is 27.7 Å². The largest absolute Gasteiger partial charge is 0.454 e. The standard InChI is InChI=1S/C18H14BrNO5/c1-12-5-7-14(10-16(12)20(23)24)17(21)11-25-18(22)8-6-13-3-2-4-15(19)9-13/h2-10H,11H2,1H3/b8-6+. The number of hydrogen-bond donors (Lipinski definition) is 0. The van der Waals surface area contributed by atoms with E-state index in [1.54, 1.807) is 13.0 Å². The lowest BCUT2D eigenvalue weighted by Gasteiger charge is -2.03. The van der Waals surface area contributed by atoms with Crippen LogP contribution in [0.4, 0.5) is 5.69 Å². The quantitative estimate of drug-likeness (QED) is 0.238. The van der Waals surface area contributed by atoms with Crippen LogP contribution >= 0.6 is 15.9 Å². The zero-order valence-electron chi connectivity index (χ0n) is 13.3. The first kappa shape index (κ1) is 18.5. The van der Waals surface area contributed by atoms with Crippen molar-refractivity contribution in [3.05, 3.63) is 79.8 Å². The number of hydrogen-bond acceptors (Lipinski definition) is 5. The Morgan fingerprint density at radius 2 is 2.00 bits per heavy atom. The number of ether oxygens (including phenoxy) is 1. The van der Waals surface area contributed by atoms with Gasteiger partial charge in [0.05, 0.1) is 4.92 Å². The van der Waals surface area contributed by atoms with Gasteiger partial charge in [0.15, 0.2) is 6.61 Å². The number of Topliss-reactive ketones (excluding diaryl/α,β-unsaturated/α-hetero) is 1. The van der Waals surface area contributed by atoms with Gasteiger partial charge in [-0.3, -0.25) is 14.9 Å². The Bertz CT molecular complexity index is 860. The van der Waals surface area contributed by atoms with Gasteiger partial charge in [-0.15, -0.1) is 0 Å². The predicted molar refractivity (Wildman–Crippen MR) is 96.3 cm³/mol. The van der Waals surface area contributed by atoms with Crippen LogP contribution in [0.3, 0.4) is 0 Å². The van der Waals surface area contributed by atoms with Crippen molar-refractivity contribution in [2.24, 2.45) is 0 Å². The number of ketones is 1. The fourth-order valence-corrected chi connectivity index (χ4v) is 2.44. The Balaban J connectivity index is 1.96. The molecule has 0 spiro atoms. The highest BCUT2D eigenvalue weighted by atomic mass is 79.9. The van der Waals surface area contributed by atoms with E-state index in [9.17, 15) is 19.7 Å². The maximum Gasteiger partial charge on any atom is 0.331 e. The summed E-state index contributed by atoms with van der Waals surface area (Å²) in [5.41, 5.74) is 1.23. The molecule has 0 aliphatic rings. The van der Waals surface area contributed by atoms with E-state index in [4.69, 9.17) is 4.74 Å². The molecule has 0 saturated carbocycles. The summed E-state index contributed by atoms with van der Waals surface area (Å²) in [5.74, 6) is -1.18. The van der Waals surface area contributed by atoms with Crippen molar-refractivity contribution >= 4 is 39.4 Å². The lowest BCUT2D eigenvalue weighted by molar-refractivity contribution is -0.385. The van der Waals surface area contributed by atoms with Crippen LogP contribution in [0, 0.1) is 17.0 Å². The topological polar surface area (TPSA) is 86.5 Å². The smallest absolute Gasteiger partial charge is 0.331 e. The van der Waals surface area contributed by atoms with Gasteiger partial charge in [0.25, 0.3) is 5.69 Å². The van der Waals surface area contributed by atoms with E-state index in [0.29, 0.717) is 5.56 Å². The summed E-state index contributed by atoms with van der Waals surface area (Å²) in [6, 6.07) is 11.4. The molecule has 2 rings (SSSR count). The number of benzene rings is 2. The molecule has 0 unspecified atom stereocenters. The second-order valence-electron chi connectivity index (χ2n) is 5.18. The molecule has 0 bridgehead atoms. The second-order valence-corrected chi connectivity index (χ2v) is 6.09. The van der Waals surface area contributed by atoms with Gasteiger partial charge in [-0.2, -0.15) is 0 Å². The van der Waals surface area contributed by atoms with Gasteiger partial charge in [-0.05, 0) is 30.7 Å². The number of aryl methyl sites for hydroxylation is 1. The van der Waals surface area contributed by atoms with Crippen LogP contribution < -0.4 is 0 Å². The monoisotopic (exact) mass is 403 g/mol. The third kappa shape index (κ3) is 5.36. The van der Waals surface area contributed by atoms with Gasteiger partial charge in [0.1, 0.15) is 0 Å². The van der Waals surface area contributed by atoms with Crippen LogP contribution in [0.15, 0.2) is 53.0 Å². The summed E-state index contributed by atoms with van der Waals surface area (Å²) in [6.07, 6.45) is 2.78. The van der Waals surface area contributed by atoms with E-state index in [2.05, 4.69) is 15.9 Å². The van der Waals surface area contributed by atoms with Crippen molar-refractivity contribution in [3.8, 4) is 0 Å². The summed E-state index contributed by atoms with van der Waals surface area (Å²) < 4.78 is 5.76. The molecule has 2 aromatic carbocycles. The molecule has 0 amide bonds. The first-order valence-electron chi connectivity index (χ1n) is 7.25. The molecular weight excluding hydrogens is 390 g/mol. The molecule has 6 nitrogen and oxygen atoms in total. The molecular formula is C18H14BrNO5. The highest BCUT2D eigenvalue weighted by molar-refractivity contribution is 9.10. The molecule has 0 aliphatic heterocycles. The van der Waals surface area contributed by atoms with Crippen LogP contribution in [0.1, 0.15) is 21.5 Å². The summed E-state index contributed by atoms with van der Waals surface area (Å²) in [6.45, 7) is 1.10. The first-order chi connectivity index (χ1) is 11.9. The zero-order chi connectivity index (χ0) is 18.4. The predicted octanol–water partition coefficient (Wildman–Crippen LogP) is 4.11. The average Bonchev–Trinajstić information content (AvgIpc) is 2.58. The Hall–Kier alpha value is -2.80. The first-order valence-corrected chi connectivity index (χ1v) is 8.05. The molecule has 0 saturated heterocycles. The van der Waals surface area contributed by atoms with Gasteiger partial charge in [-0.1, -0.05) is 40.2 Å². The number of nitrogens with zero attached hydrogens (tertiary/aromatic N) is 1. The van der Waals surface area contributed by atoms with Crippen LogP contribution in [0.25, 0.3) is 6.08 Å².